The minimum Gasteiger partial charge on any atom is -0.290 e. The van der Waals surface area contributed by atoms with Gasteiger partial charge in [-0.25, -0.2) is 4.39 Å². The summed E-state index contributed by atoms with van der Waals surface area (Å²) in [6, 6.07) is 9.06. The van der Waals surface area contributed by atoms with Crippen LogP contribution in [-0.4, -0.2) is 29.9 Å². The summed E-state index contributed by atoms with van der Waals surface area (Å²) in [5.41, 5.74) is 3.11. The fourth-order valence-electron chi connectivity index (χ4n) is 3.00. The Kier molecular flexibility index (Phi) is 5.18. The highest BCUT2D eigenvalue weighted by atomic mass is 19.4. The predicted molar refractivity (Wildman–Crippen MR) is 89.8 cm³/mol. The molecule has 2 aliphatic rings. The third-order valence-electron chi connectivity index (χ3n) is 4.15. The first-order valence-corrected chi connectivity index (χ1v) is 8.07. The van der Waals surface area contributed by atoms with E-state index in [0.717, 1.165) is 16.8 Å². The van der Waals surface area contributed by atoms with Crippen LogP contribution in [0.2, 0.25) is 0 Å². The molecular formula is C19H18F4N2. The van der Waals surface area contributed by atoms with E-state index >= 15 is 0 Å². The molecule has 0 spiro atoms. The van der Waals surface area contributed by atoms with Gasteiger partial charge in [-0.2, -0.15) is 13.2 Å². The number of allylic oxidation sites excluding steroid dienone is 4. The Morgan fingerprint density at radius 2 is 1.88 bits per heavy atom. The highest BCUT2D eigenvalue weighted by Gasteiger charge is 2.31. The molecule has 1 aromatic carbocycles. The quantitative estimate of drug-likeness (QED) is 0.662. The Morgan fingerprint density at radius 3 is 2.60 bits per heavy atom. The van der Waals surface area contributed by atoms with Gasteiger partial charge in [-0.3, -0.25) is 9.89 Å². The van der Waals surface area contributed by atoms with Gasteiger partial charge in [0.15, 0.2) is 0 Å². The lowest BCUT2D eigenvalue weighted by atomic mass is 9.95. The lowest BCUT2D eigenvalue weighted by molar-refractivity contribution is -0.147. The van der Waals surface area contributed by atoms with Gasteiger partial charge in [0.05, 0.1) is 12.3 Å². The Labute approximate surface area is 143 Å². The standard InChI is InChI=1S/C19H18F4N2/c20-16-6-7-18-17(10-16)15(11-24-18)8-9-25(13-19(21,22)23)12-14-4-2-1-3-5-14/h1-6,10-11H,7-9,12-13H2. The number of aliphatic imine (C=N–C) groups is 1. The second-order valence-electron chi connectivity index (χ2n) is 6.14. The van der Waals surface area contributed by atoms with Crippen LogP contribution < -0.4 is 0 Å². The van der Waals surface area contributed by atoms with E-state index < -0.39 is 12.7 Å². The summed E-state index contributed by atoms with van der Waals surface area (Å²) in [6.45, 7) is -0.531. The number of benzene rings is 1. The zero-order valence-corrected chi connectivity index (χ0v) is 13.6. The minimum absolute atomic E-state index is 0.217. The van der Waals surface area contributed by atoms with Crippen molar-refractivity contribution in [2.75, 3.05) is 13.1 Å². The normalized spacial score (nSPS) is 17.0. The van der Waals surface area contributed by atoms with E-state index in [4.69, 9.17) is 0 Å². The first-order chi connectivity index (χ1) is 11.9. The number of hydrogen-bond donors (Lipinski definition) is 0. The zero-order valence-electron chi connectivity index (χ0n) is 13.6. The molecule has 1 aliphatic carbocycles. The molecule has 0 radical (unpaired) electrons. The fraction of sp³-hybridized carbons (Fsp3) is 0.316. The number of rotatable bonds is 6. The van der Waals surface area contributed by atoms with Crippen LogP contribution in [-0.2, 0) is 6.54 Å². The number of fused-ring (bicyclic) bond motifs is 1. The van der Waals surface area contributed by atoms with Crippen LogP contribution in [0.15, 0.2) is 70.6 Å². The first-order valence-electron chi connectivity index (χ1n) is 8.07. The number of alkyl halides is 3. The third kappa shape index (κ3) is 4.89. The number of nitrogens with zero attached hydrogens (tertiary/aromatic N) is 2. The molecule has 0 unspecified atom stereocenters. The summed E-state index contributed by atoms with van der Waals surface area (Å²) < 4.78 is 52.1. The molecule has 0 saturated heterocycles. The second kappa shape index (κ2) is 7.35. The Hall–Kier alpha value is -2.21. The predicted octanol–water partition coefficient (Wildman–Crippen LogP) is 4.96. The van der Waals surface area contributed by atoms with Gasteiger partial charge < -0.3 is 0 Å². The van der Waals surface area contributed by atoms with Gasteiger partial charge in [-0.15, -0.1) is 0 Å². The highest BCUT2D eigenvalue weighted by Crippen LogP contribution is 2.30. The third-order valence-corrected chi connectivity index (χ3v) is 4.15. The van der Waals surface area contributed by atoms with E-state index in [1.807, 2.05) is 30.3 Å². The van der Waals surface area contributed by atoms with Crippen molar-refractivity contribution in [2.45, 2.75) is 25.6 Å². The summed E-state index contributed by atoms with van der Waals surface area (Å²) in [6.07, 6.45) is 1.06. The minimum atomic E-state index is -4.26. The highest BCUT2D eigenvalue weighted by molar-refractivity contribution is 6.08. The summed E-state index contributed by atoms with van der Waals surface area (Å²) in [4.78, 5) is 5.61. The van der Waals surface area contributed by atoms with Crippen LogP contribution >= 0.6 is 0 Å². The Morgan fingerprint density at radius 1 is 1.12 bits per heavy atom. The Balaban J connectivity index is 1.66. The topological polar surface area (TPSA) is 15.6 Å². The van der Waals surface area contributed by atoms with Gasteiger partial charge >= 0.3 is 6.18 Å². The van der Waals surface area contributed by atoms with Crippen LogP contribution in [0.4, 0.5) is 17.6 Å². The van der Waals surface area contributed by atoms with E-state index in [0.29, 0.717) is 18.4 Å². The van der Waals surface area contributed by atoms with Crippen molar-refractivity contribution < 1.29 is 17.6 Å². The van der Waals surface area contributed by atoms with Gasteiger partial charge in [-0.05, 0) is 29.7 Å². The zero-order chi connectivity index (χ0) is 17.9. The van der Waals surface area contributed by atoms with Gasteiger partial charge in [0, 0.05) is 31.3 Å². The summed E-state index contributed by atoms with van der Waals surface area (Å²) >= 11 is 0. The molecule has 0 aromatic heterocycles. The van der Waals surface area contributed by atoms with Crippen molar-refractivity contribution in [3.63, 3.8) is 0 Å². The van der Waals surface area contributed by atoms with Crippen LogP contribution in [0.25, 0.3) is 0 Å². The molecule has 1 aromatic rings. The molecule has 0 saturated carbocycles. The van der Waals surface area contributed by atoms with E-state index in [1.54, 1.807) is 6.20 Å². The maximum atomic E-state index is 13.4. The summed E-state index contributed by atoms with van der Waals surface area (Å²) in [5.74, 6) is -0.321. The number of hydrogen-bond acceptors (Lipinski definition) is 2. The average molecular weight is 350 g/mol. The average Bonchev–Trinajstić information content (AvgIpc) is 2.94. The molecule has 1 heterocycles. The maximum absolute atomic E-state index is 13.4. The van der Waals surface area contributed by atoms with E-state index in [1.165, 1.54) is 17.1 Å². The van der Waals surface area contributed by atoms with Gasteiger partial charge in [0.25, 0.3) is 0 Å². The SMILES string of the molecule is FC1=CCC2=NC=C(CCN(Cc3ccccc3)CC(F)(F)F)C2=C1. The van der Waals surface area contributed by atoms with Crippen molar-refractivity contribution in [1.29, 1.82) is 0 Å². The molecule has 3 rings (SSSR count). The molecule has 0 N–H and O–H groups in total. The fourth-order valence-corrected chi connectivity index (χ4v) is 3.00. The monoisotopic (exact) mass is 350 g/mol. The molecule has 0 amide bonds. The molecule has 2 nitrogen and oxygen atoms in total. The molecule has 25 heavy (non-hydrogen) atoms. The van der Waals surface area contributed by atoms with Crippen LogP contribution in [0, 0.1) is 0 Å². The first kappa shape index (κ1) is 17.6. The van der Waals surface area contributed by atoms with Gasteiger partial charge in [0.2, 0.25) is 0 Å². The van der Waals surface area contributed by atoms with Crippen LogP contribution in [0.3, 0.4) is 0 Å². The molecule has 0 fully saturated rings. The van der Waals surface area contributed by atoms with E-state index in [-0.39, 0.29) is 18.9 Å². The van der Waals surface area contributed by atoms with Crippen LogP contribution in [0.5, 0.6) is 0 Å². The lowest BCUT2D eigenvalue weighted by Gasteiger charge is -2.24. The van der Waals surface area contributed by atoms with Crippen molar-refractivity contribution in [2.24, 2.45) is 4.99 Å². The number of halogens is 4. The molecule has 0 bridgehead atoms. The molecule has 1 aliphatic heterocycles. The van der Waals surface area contributed by atoms with Crippen molar-refractivity contribution in [3.8, 4) is 0 Å². The summed E-state index contributed by atoms with van der Waals surface area (Å²) in [7, 11) is 0. The molecule has 0 atom stereocenters. The maximum Gasteiger partial charge on any atom is 0.401 e. The summed E-state index contributed by atoms with van der Waals surface area (Å²) in [5, 5.41) is 0. The second-order valence-corrected chi connectivity index (χ2v) is 6.14. The smallest absolute Gasteiger partial charge is 0.290 e. The Bertz CT molecular complexity index is 742. The van der Waals surface area contributed by atoms with Crippen molar-refractivity contribution in [3.05, 3.63) is 71.2 Å². The van der Waals surface area contributed by atoms with Crippen molar-refractivity contribution >= 4 is 5.71 Å². The van der Waals surface area contributed by atoms with Gasteiger partial charge in [0.1, 0.15) is 5.83 Å². The molecular weight excluding hydrogens is 332 g/mol. The van der Waals surface area contributed by atoms with Gasteiger partial charge in [-0.1, -0.05) is 30.3 Å². The van der Waals surface area contributed by atoms with E-state index in [9.17, 15) is 17.6 Å². The van der Waals surface area contributed by atoms with Crippen molar-refractivity contribution in [1.82, 2.24) is 4.90 Å². The van der Waals surface area contributed by atoms with Crippen LogP contribution in [0.1, 0.15) is 18.4 Å². The molecule has 6 heteroatoms. The van der Waals surface area contributed by atoms with E-state index in [2.05, 4.69) is 4.99 Å². The lowest BCUT2D eigenvalue weighted by Crippen LogP contribution is -2.34. The largest absolute Gasteiger partial charge is 0.401 e. The molecule has 132 valence electrons.